The quantitative estimate of drug-likeness (QED) is 0.0845. The molecule has 0 saturated heterocycles. The van der Waals surface area contributed by atoms with Gasteiger partial charge in [0.05, 0.1) is 0 Å². The lowest BCUT2D eigenvalue weighted by Crippen LogP contribution is -2.14. The average Bonchev–Trinajstić information content (AvgIpc) is 1.63. The molecule has 0 amide bonds. The van der Waals surface area contributed by atoms with Gasteiger partial charge in [0, 0.05) is 21.7 Å². The summed E-state index contributed by atoms with van der Waals surface area (Å²) in [6.07, 6.45) is 2.34. The van der Waals surface area contributed by atoms with E-state index < -0.39 is 0 Å². The molecule has 0 N–H and O–H groups in total. The van der Waals surface area contributed by atoms with Gasteiger partial charge < -0.3 is 0 Å². The highest BCUT2D eigenvalue weighted by Gasteiger charge is 2.42. The van der Waals surface area contributed by atoms with Gasteiger partial charge in [0.2, 0.25) is 0 Å². The summed E-state index contributed by atoms with van der Waals surface area (Å²) in [5.74, 6) is 0. The molecule has 28 rings (SSSR count). The molecular weight excluding hydrogens is 1790 g/mol. The Bertz CT molecular complexity index is 9580. The first-order valence-electron chi connectivity index (χ1n) is 52.8. The zero-order valence-electron chi connectivity index (χ0n) is 86.3. The molecule has 4 aliphatic rings. The average molecular weight is 1900 g/mol. The van der Waals surface area contributed by atoms with Crippen molar-refractivity contribution in [3.63, 3.8) is 0 Å². The van der Waals surface area contributed by atoms with Gasteiger partial charge in [-0.1, -0.05) is 545 Å². The maximum atomic E-state index is 2.46. The molecule has 0 radical (unpaired) electrons. The maximum absolute atomic E-state index is 2.46. The molecule has 710 valence electrons. The van der Waals surface area contributed by atoms with E-state index in [2.05, 4.69) is 568 Å². The topological polar surface area (TPSA) is 0 Å². The van der Waals surface area contributed by atoms with Crippen LogP contribution in [0.15, 0.2) is 485 Å². The van der Waals surface area contributed by atoms with Gasteiger partial charge in [0.15, 0.2) is 0 Å². The van der Waals surface area contributed by atoms with Crippen molar-refractivity contribution in [2.24, 2.45) is 0 Å². The van der Waals surface area contributed by atoms with Crippen LogP contribution in [0.5, 0.6) is 0 Å². The molecule has 4 aliphatic carbocycles. The summed E-state index contributed by atoms with van der Waals surface area (Å²) in [4.78, 5) is 0. The summed E-state index contributed by atoms with van der Waals surface area (Å²) in [5.41, 5.74) is 53.5. The minimum absolute atomic E-state index is 0.0570. The molecule has 149 heavy (non-hydrogen) atoms. The molecule has 0 unspecified atom stereocenters. The van der Waals surface area contributed by atoms with Crippen LogP contribution < -0.4 is 0 Å². The first-order valence-corrected chi connectivity index (χ1v) is 52.8. The Kier molecular flexibility index (Phi) is 22.1. The Hall–Kier alpha value is -17.4. The van der Waals surface area contributed by atoms with Crippen LogP contribution in [0, 0.1) is 20.8 Å². The first kappa shape index (κ1) is 91.5. The van der Waals surface area contributed by atoms with E-state index in [9.17, 15) is 0 Å². The molecule has 0 heteroatoms. The lowest BCUT2D eigenvalue weighted by molar-refractivity contribution is 0.660. The molecule has 24 aromatic rings. The highest BCUT2D eigenvalue weighted by atomic mass is 14.5. The molecule has 0 saturated carbocycles. The molecule has 0 fully saturated rings. The zero-order chi connectivity index (χ0) is 101. The third-order valence-corrected chi connectivity index (χ3v) is 33.4. The van der Waals surface area contributed by atoms with Gasteiger partial charge in [0.1, 0.15) is 0 Å². The van der Waals surface area contributed by atoms with Crippen LogP contribution in [0.25, 0.3) is 221 Å². The van der Waals surface area contributed by atoms with E-state index in [1.54, 1.807) is 0 Å². The molecule has 0 spiro atoms. The molecule has 0 aliphatic heterocycles. The van der Waals surface area contributed by atoms with Crippen molar-refractivity contribution >= 4 is 76.3 Å². The Labute approximate surface area is 875 Å². The van der Waals surface area contributed by atoms with Gasteiger partial charge in [-0.15, -0.1) is 0 Å². The van der Waals surface area contributed by atoms with Crippen molar-refractivity contribution in [1.29, 1.82) is 0 Å². The van der Waals surface area contributed by atoms with Crippen molar-refractivity contribution in [1.82, 2.24) is 0 Å². The van der Waals surface area contributed by atoms with Gasteiger partial charge >= 0.3 is 0 Å². The van der Waals surface area contributed by atoms with Crippen LogP contribution in [-0.4, -0.2) is 0 Å². The fourth-order valence-corrected chi connectivity index (χ4v) is 26.3. The number of hydrogen-bond donors (Lipinski definition) is 0. The SMILES string of the molecule is Cc1ccc2c(-c3cccc(C=C(c4ccccc4)c4ccccc4)c3)c3ccccc3c(-c3cccc4c3-c3ccccc3C4(C)C)c2c1.Cc1ccc2c(-c3ccccc3-c3ccc(-c4ccccc4)cc3)c3ccccc3c(-c3cccc4c3-c3ccccc3C4(C)C)c2c1.Cc1ccc2c(-c3ccccc3-c3ccc4c(c3)C(C)(C)c3ccccc3-4)c3ccccc3c(-c3cccc4c3-c3ccccc3C4(C)C)c2c1. The van der Waals surface area contributed by atoms with E-state index in [4.69, 9.17) is 0 Å². The number of hydrogen-bond acceptors (Lipinski definition) is 0. The normalized spacial score (nSPS) is 13.6. The minimum atomic E-state index is -0.0614. The van der Waals surface area contributed by atoms with E-state index in [0.717, 1.165) is 0 Å². The predicted molar refractivity (Wildman–Crippen MR) is 638 cm³/mol. The second kappa shape index (κ2) is 36.1. The lowest BCUT2D eigenvalue weighted by atomic mass is 9.79. The molecular formula is C149H114. The van der Waals surface area contributed by atoms with E-state index in [0.29, 0.717) is 0 Å². The van der Waals surface area contributed by atoms with Gasteiger partial charge in [-0.2, -0.15) is 0 Å². The van der Waals surface area contributed by atoms with Crippen molar-refractivity contribution < 1.29 is 0 Å². The molecule has 24 aromatic carbocycles. The molecule has 0 atom stereocenters. The van der Waals surface area contributed by atoms with Crippen LogP contribution in [0.2, 0.25) is 0 Å². The summed E-state index contributed by atoms with van der Waals surface area (Å²) in [6.45, 7) is 25.6. The Morgan fingerprint density at radius 2 is 0.409 bits per heavy atom. The summed E-state index contributed by atoms with van der Waals surface area (Å²) >= 11 is 0. The fraction of sp³-hybridized carbons (Fsp3) is 0.101. The highest BCUT2D eigenvalue weighted by molar-refractivity contribution is 6.27. The third-order valence-electron chi connectivity index (χ3n) is 33.4. The van der Waals surface area contributed by atoms with E-state index in [1.165, 1.54) is 293 Å². The largest absolute Gasteiger partial charge is 0.0622 e. The van der Waals surface area contributed by atoms with E-state index >= 15 is 0 Å². The van der Waals surface area contributed by atoms with Crippen LogP contribution >= 0.6 is 0 Å². The second-order valence-corrected chi connectivity index (χ2v) is 43.6. The van der Waals surface area contributed by atoms with Gasteiger partial charge in [-0.3, -0.25) is 0 Å². The summed E-state index contributed by atoms with van der Waals surface area (Å²) < 4.78 is 0. The van der Waals surface area contributed by atoms with Crippen LogP contribution in [0.1, 0.15) is 133 Å². The second-order valence-electron chi connectivity index (χ2n) is 43.6. The number of benzene rings is 24. The van der Waals surface area contributed by atoms with Crippen LogP contribution in [-0.2, 0) is 21.7 Å². The zero-order valence-corrected chi connectivity index (χ0v) is 86.3. The Balaban J connectivity index is 0.000000113. The molecule has 0 heterocycles. The van der Waals surface area contributed by atoms with Crippen molar-refractivity contribution in [3.05, 3.63) is 563 Å². The Morgan fingerprint density at radius 1 is 0.148 bits per heavy atom. The number of rotatable bonds is 12. The smallest absolute Gasteiger partial charge is 0.0159 e. The van der Waals surface area contributed by atoms with E-state index in [1.807, 2.05) is 0 Å². The fourth-order valence-electron chi connectivity index (χ4n) is 26.3. The summed E-state index contributed by atoms with van der Waals surface area (Å²) in [5, 5.41) is 15.5. The van der Waals surface area contributed by atoms with Crippen LogP contribution in [0.4, 0.5) is 0 Å². The van der Waals surface area contributed by atoms with E-state index in [-0.39, 0.29) is 21.7 Å². The first-order chi connectivity index (χ1) is 72.7. The Morgan fingerprint density at radius 3 is 0.819 bits per heavy atom. The van der Waals surface area contributed by atoms with Gasteiger partial charge in [0.25, 0.3) is 0 Å². The monoisotopic (exact) mass is 1900 g/mol. The summed E-state index contributed by atoms with van der Waals surface area (Å²) in [7, 11) is 0. The minimum Gasteiger partial charge on any atom is -0.0622 e. The highest BCUT2D eigenvalue weighted by Crippen LogP contribution is 2.61. The molecule has 0 bridgehead atoms. The number of aryl methyl sites for hydroxylation is 3. The van der Waals surface area contributed by atoms with Crippen LogP contribution in [0.3, 0.4) is 0 Å². The number of fused-ring (bicyclic) bond motifs is 18. The third kappa shape index (κ3) is 15.0. The summed E-state index contributed by atoms with van der Waals surface area (Å²) in [6, 6.07) is 180. The maximum Gasteiger partial charge on any atom is 0.0159 e. The van der Waals surface area contributed by atoms with Crippen molar-refractivity contribution in [2.75, 3.05) is 0 Å². The van der Waals surface area contributed by atoms with Gasteiger partial charge in [-0.25, -0.2) is 0 Å². The lowest BCUT2D eigenvalue weighted by Gasteiger charge is -2.24. The predicted octanol–water partition coefficient (Wildman–Crippen LogP) is 40.7. The molecule has 0 nitrogen and oxygen atoms in total. The standard InChI is InChI=1S/C51H40.C50H38.C48H36/c1-31-25-27-39-42(29-31)48(41-21-14-24-45-49(41)40-20-11-13-23-44(40)50(45,2)3)38-19-9-8-18-37(38)47(39)36-17-7-6-15-33(36)32-26-28-35-34-16-10-12-22-43(34)51(4,5)46(35)30-32;1-33-28-29-40-44(30-33)48(42-25-15-27-46-49(42)41-24-12-13-26-45(41)50(46,2)3)39-23-11-10-22-38(39)47(40)37-21-14-16-34(31-37)32-43(35-17-6-4-7-18-35)36-19-8-5-9-20-36;1-31-24-29-39-42(30-31)46(41-21-13-23-44-47(41)40-20-11-12-22-43(40)48(44,2)3)38-19-10-9-18-37(38)45(39)36-17-8-7-16-35(36)34-27-25-33(26-28-34)32-14-5-4-6-15-32/h6-30H,1-5H3;4-32H,1-3H3;4-30H,1-3H3. The molecule has 0 aromatic heterocycles. The van der Waals surface area contributed by atoms with Crippen molar-refractivity contribution in [2.45, 2.75) is 97.8 Å². The van der Waals surface area contributed by atoms with Crippen molar-refractivity contribution in [3.8, 4) is 145 Å². The van der Waals surface area contributed by atoms with Gasteiger partial charge in [-0.05, 0) is 315 Å².